The van der Waals surface area contributed by atoms with E-state index >= 15 is 0 Å². The molecule has 1 unspecified atom stereocenters. The molecule has 0 N–H and O–H groups in total. The Labute approximate surface area is 86.6 Å². The predicted molar refractivity (Wildman–Crippen MR) is 54.9 cm³/mol. The molecular formula is C9H14BrN3. The molecular weight excluding hydrogens is 230 g/mol. The lowest BCUT2D eigenvalue weighted by atomic mass is 10.2. The van der Waals surface area contributed by atoms with E-state index in [1.54, 1.807) is 0 Å². The molecule has 1 atom stereocenters. The highest BCUT2D eigenvalue weighted by molar-refractivity contribution is 9.09. The maximum atomic E-state index is 4.16. The Kier molecular flexibility index (Phi) is 2.67. The summed E-state index contributed by atoms with van der Waals surface area (Å²) in [5.41, 5.74) is 1.03. The van der Waals surface area contributed by atoms with E-state index in [1.807, 2.05) is 4.68 Å². The van der Waals surface area contributed by atoms with Gasteiger partial charge in [0.1, 0.15) is 0 Å². The first-order valence-electron chi connectivity index (χ1n) is 4.83. The van der Waals surface area contributed by atoms with Crippen LogP contribution in [0.3, 0.4) is 0 Å². The third-order valence-electron chi connectivity index (χ3n) is 2.63. The highest BCUT2D eigenvalue weighted by Gasteiger charge is 2.18. The molecule has 1 aliphatic rings. The van der Waals surface area contributed by atoms with Crippen LogP contribution in [0.1, 0.15) is 49.2 Å². The van der Waals surface area contributed by atoms with Gasteiger partial charge in [0.15, 0.2) is 0 Å². The smallest absolute Gasteiger partial charge is 0.0960 e. The van der Waals surface area contributed by atoms with Crippen LogP contribution in [-0.4, -0.2) is 15.0 Å². The quantitative estimate of drug-likeness (QED) is 0.749. The molecule has 0 aromatic carbocycles. The lowest BCUT2D eigenvalue weighted by molar-refractivity contribution is 0.454. The van der Waals surface area contributed by atoms with Gasteiger partial charge < -0.3 is 0 Å². The van der Waals surface area contributed by atoms with Gasteiger partial charge in [-0.25, -0.2) is 4.68 Å². The van der Waals surface area contributed by atoms with Gasteiger partial charge in [-0.3, -0.25) is 0 Å². The maximum Gasteiger partial charge on any atom is 0.0960 e. The molecule has 0 radical (unpaired) electrons. The van der Waals surface area contributed by atoms with Crippen LogP contribution in [0.2, 0.25) is 0 Å². The largest absolute Gasteiger partial charge is 0.249 e. The highest BCUT2D eigenvalue weighted by Crippen LogP contribution is 2.29. The van der Waals surface area contributed by atoms with Crippen LogP contribution in [0.25, 0.3) is 0 Å². The molecule has 72 valence electrons. The standard InChI is InChI=1S/C9H14BrN3/c1-7(10)9-6-13(12-11-9)8-4-2-3-5-8/h6-8H,2-5H2,1H3. The third kappa shape index (κ3) is 1.93. The highest BCUT2D eigenvalue weighted by atomic mass is 79.9. The van der Waals surface area contributed by atoms with Crippen LogP contribution in [-0.2, 0) is 0 Å². The van der Waals surface area contributed by atoms with E-state index in [-0.39, 0.29) is 0 Å². The van der Waals surface area contributed by atoms with Gasteiger partial charge in [-0.05, 0) is 19.8 Å². The molecule has 13 heavy (non-hydrogen) atoms. The Morgan fingerprint density at radius 1 is 1.54 bits per heavy atom. The number of hydrogen-bond donors (Lipinski definition) is 0. The van der Waals surface area contributed by atoms with E-state index < -0.39 is 0 Å². The van der Waals surface area contributed by atoms with Crippen molar-refractivity contribution in [1.82, 2.24) is 15.0 Å². The molecule has 1 aromatic heterocycles. The first-order valence-corrected chi connectivity index (χ1v) is 5.75. The Hall–Kier alpha value is -0.380. The molecule has 4 heteroatoms. The normalized spacial score (nSPS) is 20.8. The summed E-state index contributed by atoms with van der Waals surface area (Å²) in [4.78, 5) is 0.308. The summed E-state index contributed by atoms with van der Waals surface area (Å²) >= 11 is 3.49. The van der Waals surface area contributed by atoms with Crippen molar-refractivity contribution in [2.75, 3.05) is 0 Å². The summed E-state index contributed by atoms with van der Waals surface area (Å²) in [6.45, 7) is 2.07. The van der Waals surface area contributed by atoms with Gasteiger partial charge in [0, 0.05) is 6.20 Å². The molecule has 0 bridgehead atoms. The number of halogens is 1. The Morgan fingerprint density at radius 2 is 2.23 bits per heavy atom. The molecule has 1 aromatic rings. The molecule has 1 fully saturated rings. The molecule has 0 aliphatic heterocycles. The monoisotopic (exact) mass is 243 g/mol. The zero-order chi connectivity index (χ0) is 9.26. The number of aromatic nitrogens is 3. The van der Waals surface area contributed by atoms with Gasteiger partial charge in [0.2, 0.25) is 0 Å². The second-order valence-corrected chi connectivity index (χ2v) is 5.05. The number of rotatable bonds is 2. The van der Waals surface area contributed by atoms with Crippen molar-refractivity contribution in [2.24, 2.45) is 0 Å². The average Bonchev–Trinajstić information content (AvgIpc) is 2.75. The molecule has 1 aliphatic carbocycles. The zero-order valence-corrected chi connectivity index (χ0v) is 9.37. The van der Waals surface area contributed by atoms with Crippen LogP contribution < -0.4 is 0 Å². The molecule has 0 amide bonds. The first-order chi connectivity index (χ1) is 6.27. The van der Waals surface area contributed by atoms with Gasteiger partial charge >= 0.3 is 0 Å². The minimum Gasteiger partial charge on any atom is -0.249 e. The number of nitrogens with zero attached hydrogens (tertiary/aromatic N) is 3. The van der Waals surface area contributed by atoms with E-state index in [4.69, 9.17) is 0 Å². The molecule has 2 rings (SSSR count). The van der Waals surface area contributed by atoms with Gasteiger partial charge in [-0.1, -0.05) is 34.0 Å². The van der Waals surface area contributed by atoms with Gasteiger partial charge in [0.25, 0.3) is 0 Å². The fourth-order valence-electron chi connectivity index (χ4n) is 1.82. The molecule has 3 nitrogen and oxygen atoms in total. The van der Waals surface area contributed by atoms with Crippen LogP contribution in [0, 0.1) is 0 Å². The fourth-order valence-corrected chi connectivity index (χ4v) is 2.03. The summed E-state index contributed by atoms with van der Waals surface area (Å²) in [7, 11) is 0. The van der Waals surface area contributed by atoms with Crippen molar-refractivity contribution >= 4 is 15.9 Å². The van der Waals surface area contributed by atoms with Crippen LogP contribution >= 0.6 is 15.9 Å². The summed E-state index contributed by atoms with van der Waals surface area (Å²) in [6, 6.07) is 0.604. The van der Waals surface area contributed by atoms with E-state index in [0.717, 1.165) is 5.69 Å². The predicted octanol–water partition coefficient (Wildman–Crippen LogP) is 2.85. The summed E-state index contributed by atoms with van der Waals surface area (Å²) in [5, 5.41) is 8.28. The third-order valence-corrected chi connectivity index (χ3v) is 3.10. The second kappa shape index (κ2) is 3.78. The Morgan fingerprint density at radius 3 is 2.77 bits per heavy atom. The van der Waals surface area contributed by atoms with E-state index in [1.165, 1.54) is 25.7 Å². The zero-order valence-electron chi connectivity index (χ0n) is 7.78. The van der Waals surface area contributed by atoms with Gasteiger partial charge in [-0.15, -0.1) is 5.10 Å². The van der Waals surface area contributed by atoms with E-state index in [2.05, 4.69) is 39.4 Å². The van der Waals surface area contributed by atoms with Crippen molar-refractivity contribution < 1.29 is 0 Å². The summed E-state index contributed by atoms with van der Waals surface area (Å²) in [6.07, 6.45) is 7.27. The van der Waals surface area contributed by atoms with Crippen molar-refractivity contribution in [2.45, 2.75) is 43.5 Å². The topological polar surface area (TPSA) is 30.7 Å². The van der Waals surface area contributed by atoms with Gasteiger partial charge in [0.05, 0.1) is 16.6 Å². The van der Waals surface area contributed by atoms with E-state index in [9.17, 15) is 0 Å². The van der Waals surface area contributed by atoms with E-state index in [0.29, 0.717) is 10.9 Å². The average molecular weight is 244 g/mol. The second-order valence-electron chi connectivity index (χ2n) is 3.68. The van der Waals surface area contributed by atoms with Crippen molar-refractivity contribution in [3.8, 4) is 0 Å². The first kappa shape index (κ1) is 9.19. The maximum absolute atomic E-state index is 4.16. The summed E-state index contributed by atoms with van der Waals surface area (Å²) < 4.78 is 2.03. The number of hydrogen-bond acceptors (Lipinski definition) is 2. The Balaban J connectivity index is 2.12. The van der Waals surface area contributed by atoms with Gasteiger partial charge in [-0.2, -0.15) is 0 Å². The molecule has 1 heterocycles. The van der Waals surface area contributed by atoms with Crippen molar-refractivity contribution in [3.63, 3.8) is 0 Å². The fraction of sp³-hybridized carbons (Fsp3) is 0.778. The number of alkyl halides is 1. The van der Waals surface area contributed by atoms with Crippen molar-refractivity contribution in [3.05, 3.63) is 11.9 Å². The SMILES string of the molecule is CC(Br)c1cn(C2CCCC2)nn1. The molecule has 0 saturated heterocycles. The summed E-state index contributed by atoms with van der Waals surface area (Å²) in [5.74, 6) is 0. The van der Waals surface area contributed by atoms with Crippen LogP contribution in [0.5, 0.6) is 0 Å². The lowest BCUT2D eigenvalue weighted by Crippen LogP contribution is -2.04. The lowest BCUT2D eigenvalue weighted by Gasteiger charge is -2.06. The molecule has 0 spiro atoms. The molecule has 1 saturated carbocycles. The minimum absolute atomic E-state index is 0.308. The van der Waals surface area contributed by atoms with Crippen molar-refractivity contribution in [1.29, 1.82) is 0 Å². The van der Waals surface area contributed by atoms with Crippen LogP contribution in [0.4, 0.5) is 0 Å². The minimum atomic E-state index is 0.308. The Bertz CT molecular complexity index is 276. The van der Waals surface area contributed by atoms with Crippen LogP contribution in [0.15, 0.2) is 6.20 Å².